The number of nitrogens with zero attached hydrogens (tertiary/aromatic N) is 1. The molecule has 0 amide bonds. The second kappa shape index (κ2) is 7.05. The zero-order valence-electron chi connectivity index (χ0n) is 13.5. The van der Waals surface area contributed by atoms with E-state index in [0.29, 0.717) is 21.2 Å². The average Bonchev–Trinajstić information content (AvgIpc) is 2.98. The first-order valence-corrected chi connectivity index (χ1v) is 8.91. The van der Waals surface area contributed by atoms with Crippen LogP contribution in [0.3, 0.4) is 0 Å². The first-order valence-electron chi connectivity index (χ1n) is 8.10. The largest absolute Gasteiger partial charge is 0.508 e. The van der Waals surface area contributed by atoms with Crippen LogP contribution in [0, 0.1) is 0 Å². The summed E-state index contributed by atoms with van der Waals surface area (Å²) in [5, 5.41) is 11.4. The lowest BCUT2D eigenvalue weighted by atomic mass is 10.0. The summed E-state index contributed by atoms with van der Waals surface area (Å²) in [6.07, 6.45) is 6.93. The SMILES string of the molecule is CCCCCCc1cc2cc(-c3cnc(N)s3)c(=O)oc2cc1O. The van der Waals surface area contributed by atoms with E-state index in [4.69, 9.17) is 10.2 Å². The van der Waals surface area contributed by atoms with Crippen molar-refractivity contribution in [2.45, 2.75) is 39.0 Å². The number of phenols is 1. The molecule has 5 nitrogen and oxygen atoms in total. The summed E-state index contributed by atoms with van der Waals surface area (Å²) in [6, 6.07) is 5.20. The number of benzene rings is 1. The van der Waals surface area contributed by atoms with Gasteiger partial charge in [-0.3, -0.25) is 0 Å². The summed E-state index contributed by atoms with van der Waals surface area (Å²) in [6.45, 7) is 2.17. The number of rotatable bonds is 6. The lowest BCUT2D eigenvalue weighted by molar-refractivity contribution is 0.464. The van der Waals surface area contributed by atoms with Crippen LogP contribution in [0.15, 0.2) is 33.6 Å². The Labute approximate surface area is 143 Å². The zero-order chi connectivity index (χ0) is 17.1. The van der Waals surface area contributed by atoms with Gasteiger partial charge >= 0.3 is 5.63 Å². The first kappa shape index (κ1) is 16.5. The van der Waals surface area contributed by atoms with Crippen LogP contribution < -0.4 is 11.4 Å². The monoisotopic (exact) mass is 344 g/mol. The molecule has 126 valence electrons. The molecule has 0 aliphatic heterocycles. The Hall–Kier alpha value is -2.34. The summed E-state index contributed by atoms with van der Waals surface area (Å²) in [7, 11) is 0. The van der Waals surface area contributed by atoms with Crippen LogP contribution in [-0.4, -0.2) is 10.1 Å². The second-order valence-electron chi connectivity index (χ2n) is 5.84. The van der Waals surface area contributed by atoms with Gasteiger partial charge in [0.2, 0.25) is 0 Å². The van der Waals surface area contributed by atoms with Gasteiger partial charge in [-0.15, -0.1) is 0 Å². The molecule has 2 heterocycles. The minimum atomic E-state index is -0.457. The fourth-order valence-electron chi connectivity index (χ4n) is 2.73. The highest BCUT2D eigenvalue weighted by Gasteiger charge is 2.13. The van der Waals surface area contributed by atoms with Crippen molar-refractivity contribution in [1.29, 1.82) is 0 Å². The molecular formula is C18H20N2O3S. The van der Waals surface area contributed by atoms with E-state index in [1.807, 2.05) is 6.07 Å². The number of hydrogen-bond donors (Lipinski definition) is 2. The quantitative estimate of drug-likeness (QED) is 0.513. The Morgan fingerprint density at radius 2 is 2.08 bits per heavy atom. The zero-order valence-corrected chi connectivity index (χ0v) is 14.4. The van der Waals surface area contributed by atoms with E-state index < -0.39 is 5.63 Å². The topological polar surface area (TPSA) is 89.4 Å². The number of thiazole rings is 1. The van der Waals surface area contributed by atoms with E-state index in [0.717, 1.165) is 30.2 Å². The number of anilines is 1. The Kier molecular flexibility index (Phi) is 4.85. The summed E-state index contributed by atoms with van der Waals surface area (Å²) in [5.41, 5.74) is 6.89. The minimum absolute atomic E-state index is 0.178. The maximum absolute atomic E-state index is 12.2. The highest BCUT2D eigenvalue weighted by atomic mass is 32.1. The summed E-state index contributed by atoms with van der Waals surface area (Å²) < 4.78 is 5.36. The van der Waals surface area contributed by atoms with Gasteiger partial charge in [-0.25, -0.2) is 9.78 Å². The Morgan fingerprint density at radius 1 is 1.25 bits per heavy atom. The van der Waals surface area contributed by atoms with Crippen molar-refractivity contribution in [1.82, 2.24) is 4.98 Å². The second-order valence-corrected chi connectivity index (χ2v) is 6.90. The van der Waals surface area contributed by atoms with Crippen molar-refractivity contribution in [2.24, 2.45) is 0 Å². The van der Waals surface area contributed by atoms with Crippen LogP contribution in [-0.2, 0) is 6.42 Å². The third-order valence-electron chi connectivity index (χ3n) is 4.02. The molecule has 0 radical (unpaired) electrons. The smallest absolute Gasteiger partial charge is 0.345 e. The summed E-state index contributed by atoms with van der Waals surface area (Å²) >= 11 is 1.25. The van der Waals surface area contributed by atoms with Crippen LogP contribution in [0.5, 0.6) is 5.75 Å². The molecule has 2 aromatic heterocycles. The van der Waals surface area contributed by atoms with Crippen molar-refractivity contribution in [3.8, 4) is 16.2 Å². The molecule has 0 bridgehead atoms. The number of nitrogens with two attached hydrogens (primary N) is 1. The predicted octanol–water partition coefficient (Wildman–Crippen LogP) is 4.33. The van der Waals surface area contributed by atoms with E-state index >= 15 is 0 Å². The van der Waals surface area contributed by atoms with Crippen LogP contribution in [0.4, 0.5) is 5.13 Å². The Morgan fingerprint density at radius 3 is 2.79 bits per heavy atom. The summed E-state index contributed by atoms with van der Waals surface area (Å²) in [4.78, 5) is 16.8. The van der Waals surface area contributed by atoms with Gasteiger partial charge in [-0.1, -0.05) is 37.5 Å². The van der Waals surface area contributed by atoms with Gasteiger partial charge in [0.05, 0.1) is 10.4 Å². The molecule has 0 fully saturated rings. The van der Waals surface area contributed by atoms with Gasteiger partial charge in [0.15, 0.2) is 5.13 Å². The number of fused-ring (bicyclic) bond motifs is 1. The van der Waals surface area contributed by atoms with Gasteiger partial charge in [-0.2, -0.15) is 0 Å². The molecule has 0 atom stereocenters. The molecule has 3 aromatic rings. The molecule has 0 unspecified atom stereocenters. The number of phenolic OH excluding ortho intramolecular Hbond substituents is 1. The molecule has 0 spiro atoms. The fourth-order valence-corrected chi connectivity index (χ4v) is 3.42. The van der Waals surface area contributed by atoms with E-state index in [2.05, 4.69) is 11.9 Å². The molecule has 0 aliphatic carbocycles. The van der Waals surface area contributed by atoms with E-state index in [-0.39, 0.29) is 5.75 Å². The van der Waals surface area contributed by atoms with Crippen molar-refractivity contribution < 1.29 is 9.52 Å². The molecular weight excluding hydrogens is 324 g/mol. The molecule has 24 heavy (non-hydrogen) atoms. The molecule has 0 saturated carbocycles. The predicted molar refractivity (Wildman–Crippen MR) is 97.5 cm³/mol. The number of aromatic hydroxyl groups is 1. The molecule has 3 N–H and O–H groups in total. The van der Waals surface area contributed by atoms with Gasteiger partial charge < -0.3 is 15.3 Å². The lowest BCUT2D eigenvalue weighted by Gasteiger charge is -2.07. The van der Waals surface area contributed by atoms with Gasteiger partial charge in [0.1, 0.15) is 11.3 Å². The molecule has 1 aromatic carbocycles. The average molecular weight is 344 g/mol. The number of hydrogen-bond acceptors (Lipinski definition) is 6. The normalized spacial score (nSPS) is 11.2. The number of nitrogen functional groups attached to an aromatic ring is 1. The van der Waals surface area contributed by atoms with Crippen molar-refractivity contribution >= 4 is 27.4 Å². The fraction of sp³-hybridized carbons (Fsp3) is 0.333. The molecule has 6 heteroatoms. The number of unbranched alkanes of at least 4 members (excludes halogenated alkanes) is 3. The number of aromatic nitrogens is 1. The van der Waals surface area contributed by atoms with Crippen molar-refractivity contribution in [3.05, 3.63) is 40.4 Å². The van der Waals surface area contributed by atoms with Crippen LogP contribution >= 0.6 is 11.3 Å². The standard InChI is InChI=1S/C18H20N2O3S/c1-2-3-4-5-6-11-7-12-8-13(16-10-20-18(19)24-16)17(22)23-15(12)9-14(11)21/h7-10,21H,2-6H2,1H3,(H2,19,20). The van der Waals surface area contributed by atoms with Crippen LogP contribution in [0.2, 0.25) is 0 Å². The number of aryl methyl sites for hydroxylation is 1. The van der Waals surface area contributed by atoms with Crippen LogP contribution in [0.1, 0.15) is 38.2 Å². The third-order valence-corrected chi connectivity index (χ3v) is 4.88. The molecule has 0 aliphatic rings. The van der Waals surface area contributed by atoms with Gasteiger partial charge in [0.25, 0.3) is 0 Å². The summed E-state index contributed by atoms with van der Waals surface area (Å²) in [5.74, 6) is 0.178. The van der Waals surface area contributed by atoms with E-state index in [1.165, 1.54) is 30.2 Å². The maximum Gasteiger partial charge on any atom is 0.345 e. The van der Waals surface area contributed by atoms with Gasteiger partial charge in [0, 0.05) is 17.6 Å². The van der Waals surface area contributed by atoms with E-state index in [1.54, 1.807) is 12.3 Å². The lowest BCUT2D eigenvalue weighted by Crippen LogP contribution is -2.02. The maximum atomic E-state index is 12.2. The van der Waals surface area contributed by atoms with Crippen molar-refractivity contribution in [3.63, 3.8) is 0 Å². The molecule has 0 saturated heterocycles. The minimum Gasteiger partial charge on any atom is -0.508 e. The van der Waals surface area contributed by atoms with Crippen LogP contribution in [0.25, 0.3) is 21.4 Å². The van der Waals surface area contributed by atoms with E-state index in [9.17, 15) is 9.90 Å². The first-order chi connectivity index (χ1) is 11.6. The Bertz CT molecular complexity index is 914. The highest BCUT2D eigenvalue weighted by molar-refractivity contribution is 7.18. The van der Waals surface area contributed by atoms with Gasteiger partial charge in [-0.05, 0) is 30.5 Å². The third kappa shape index (κ3) is 3.43. The highest BCUT2D eigenvalue weighted by Crippen LogP contribution is 2.30. The molecule has 3 rings (SSSR count). The Balaban J connectivity index is 1.97. The van der Waals surface area contributed by atoms with Crippen molar-refractivity contribution in [2.75, 3.05) is 5.73 Å².